The van der Waals surface area contributed by atoms with Crippen LogP contribution in [0.2, 0.25) is 0 Å². The number of alkyl halides is 6. The van der Waals surface area contributed by atoms with E-state index in [1.54, 1.807) is 6.92 Å². The standard InChI is InChI=1S/C20H22F6N4O2S/c1-3-5-27-17(31)15-11-33-16(29-15)10-30(6-4-2)18(32)28-14-8-12(19(21,22)23)7-13(9-14)20(24,25)26/h7-9,11H,3-6,10H2,1-2H3,(H,27,31)(H,28,32). The van der Waals surface area contributed by atoms with E-state index in [0.717, 1.165) is 17.8 Å². The molecule has 0 aliphatic heterocycles. The third-order valence-electron chi connectivity index (χ3n) is 4.27. The summed E-state index contributed by atoms with van der Waals surface area (Å²) in [7, 11) is 0. The fourth-order valence-corrected chi connectivity index (χ4v) is 3.52. The van der Waals surface area contributed by atoms with Gasteiger partial charge in [-0.05, 0) is 31.0 Å². The molecule has 0 fully saturated rings. The number of hydrogen-bond donors (Lipinski definition) is 2. The van der Waals surface area contributed by atoms with Gasteiger partial charge in [0.15, 0.2) is 0 Å². The molecule has 0 radical (unpaired) electrons. The van der Waals surface area contributed by atoms with Crippen molar-refractivity contribution >= 4 is 29.0 Å². The maximum absolute atomic E-state index is 13.1. The van der Waals surface area contributed by atoms with Crippen molar-refractivity contribution in [2.75, 3.05) is 18.4 Å². The molecule has 182 valence electrons. The maximum Gasteiger partial charge on any atom is 0.416 e. The van der Waals surface area contributed by atoms with Gasteiger partial charge in [0.1, 0.15) is 10.7 Å². The largest absolute Gasteiger partial charge is 0.416 e. The Kier molecular flexibility index (Phi) is 8.69. The van der Waals surface area contributed by atoms with Gasteiger partial charge in [-0.15, -0.1) is 11.3 Å². The van der Waals surface area contributed by atoms with Gasteiger partial charge in [0.25, 0.3) is 5.91 Å². The van der Waals surface area contributed by atoms with Crippen molar-refractivity contribution in [3.8, 4) is 0 Å². The Morgan fingerprint density at radius 2 is 1.61 bits per heavy atom. The number of carbonyl (C=O) groups is 2. The Balaban J connectivity index is 2.22. The second-order valence-corrected chi connectivity index (χ2v) is 7.97. The summed E-state index contributed by atoms with van der Waals surface area (Å²) in [5, 5.41) is 6.67. The smallest absolute Gasteiger partial charge is 0.351 e. The van der Waals surface area contributed by atoms with Crippen LogP contribution >= 0.6 is 11.3 Å². The van der Waals surface area contributed by atoms with Crippen LogP contribution in [-0.4, -0.2) is 34.9 Å². The highest BCUT2D eigenvalue weighted by Crippen LogP contribution is 2.37. The van der Waals surface area contributed by atoms with Gasteiger partial charge >= 0.3 is 18.4 Å². The van der Waals surface area contributed by atoms with Crippen LogP contribution in [0.3, 0.4) is 0 Å². The van der Waals surface area contributed by atoms with Gasteiger partial charge in [-0.25, -0.2) is 9.78 Å². The van der Waals surface area contributed by atoms with Gasteiger partial charge in [-0.1, -0.05) is 13.8 Å². The van der Waals surface area contributed by atoms with E-state index in [4.69, 9.17) is 0 Å². The van der Waals surface area contributed by atoms with E-state index in [9.17, 15) is 35.9 Å². The second-order valence-electron chi connectivity index (χ2n) is 7.03. The Morgan fingerprint density at radius 1 is 1.00 bits per heavy atom. The molecule has 0 aliphatic carbocycles. The molecule has 2 rings (SSSR count). The molecule has 0 atom stereocenters. The zero-order chi connectivity index (χ0) is 24.8. The fourth-order valence-electron chi connectivity index (χ4n) is 2.73. The average molecular weight is 496 g/mol. The van der Waals surface area contributed by atoms with Crippen LogP contribution in [0.25, 0.3) is 0 Å². The molecule has 3 amide bonds. The highest BCUT2D eigenvalue weighted by molar-refractivity contribution is 7.09. The van der Waals surface area contributed by atoms with E-state index in [1.807, 2.05) is 6.92 Å². The van der Waals surface area contributed by atoms with Crippen LogP contribution in [0.4, 0.5) is 36.8 Å². The van der Waals surface area contributed by atoms with Gasteiger partial charge in [0.05, 0.1) is 17.7 Å². The molecule has 2 aromatic rings. The summed E-state index contributed by atoms with van der Waals surface area (Å²) < 4.78 is 78.3. The zero-order valence-electron chi connectivity index (χ0n) is 17.7. The van der Waals surface area contributed by atoms with E-state index in [0.29, 0.717) is 30.1 Å². The Labute approximate surface area is 190 Å². The third-order valence-corrected chi connectivity index (χ3v) is 5.10. The topological polar surface area (TPSA) is 74.3 Å². The molecule has 1 heterocycles. The van der Waals surface area contributed by atoms with Gasteiger partial charge in [-0.3, -0.25) is 4.79 Å². The lowest BCUT2D eigenvalue weighted by atomic mass is 10.1. The minimum Gasteiger partial charge on any atom is -0.351 e. The molecule has 0 bridgehead atoms. The molecular weight excluding hydrogens is 474 g/mol. The number of nitrogens with one attached hydrogen (secondary N) is 2. The summed E-state index contributed by atoms with van der Waals surface area (Å²) in [5.41, 5.74) is -3.54. The molecule has 0 saturated heterocycles. The number of aromatic nitrogens is 1. The van der Waals surface area contributed by atoms with E-state index >= 15 is 0 Å². The van der Waals surface area contributed by atoms with Crippen LogP contribution in [0, 0.1) is 0 Å². The normalized spacial score (nSPS) is 11.9. The number of nitrogens with zero attached hydrogens (tertiary/aromatic N) is 2. The van der Waals surface area contributed by atoms with Crippen molar-refractivity contribution in [3.63, 3.8) is 0 Å². The molecular formula is C20H22F6N4O2S. The van der Waals surface area contributed by atoms with Crippen LogP contribution < -0.4 is 10.6 Å². The predicted molar refractivity (Wildman–Crippen MR) is 111 cm³/mol. The summed E-state index contributed by atoms with van der Waals surface area (Å²) >= 11 is 1.11. The Morgan fingerprint density at radius 3 is 2.12 bits per heavy atom. The summed E-state index contributed by atoms with van der Waals surface area (Å²) in [6, 6.07) is -0.0233. The first-order valence-corrected chi connectivity index (χ1v) is 10.8. The number of benzene rings is 1. The van der Waals surface area contributed by atoms with E-state index in [2.05, 4.69) is 15.6 Å². The lowest BCUT2D eigenvalue weighted by Crippen LogP contribution is -2.35. The summed E-state index contributed by atoms with van der Waals surface area (Å²) in [4.78, 5) is 30.0. The minimum absolute atomic E-state index is 0.0137. The van der Waals surface area contributed by atoms with Gasteiger partial charge in [0.2, 0.25) is 0 Å². The number of hydrogen-bond acceptors (Lipinski definition) is 4. The Hall–Kier alpha value is -2.83. The first kappa shape index (κ1) is 26.4. The van der Waals surface area contributed by atoms with Crippen molar-refractivity contribution in [2.45, 2.75) is 45.6 Å². The molecule has 0 spiro atoms. The molecule has 0 unspecified atom stereocenters. The molecule has 0 saturated carbocycles. The van der Waals surface area contributed by atoms with Crippen molar-refractivity contribution in [3.05, 3.63) is 45.4 Å². The van der Waals surface area contributed by atoms with E-state index in [-0.39, 0.29) is 30.8 Å². The number of anilines is 1. The molecule has 2 N–H and O–H groups in total. The quantitative estimate of drug-likeness (QED) is 0.456. The van der Waals surface area contributed by atoms with Crippen LogP contribution in [-0.2, 0) is 18.9 Å². The molecule has 0 aliphatic rings. The lowest BCUT2D eigenvalue weighted by molar-refractivity contribution is -0.143. The fraction of sp³-hybridized carbons (Fsp3) is 0.450. The Bertz CT molecular complexity index is 942. The van der Waals surface area contributed by atoms with Gasteiger partial charge < -0.3 is 15.5 Å². The average Bonchev–Trinajstić information content (AvgIpc) is 3.19. The monoisotopic (exact) mass is 496 g/mol. The zero-order valence-corrected chi connectivity index (χ0v) is 18.5. The predicted octanol–water partition coefficient (Wildman–Crippen LogP) is 5.76. The minimum atomic E-state index is -5.03. The lowest BCUT2D eigenvalue weighted by Gasteiger charge is -2.22. The highest BCUT2D eigenvalue weighted by Gasteiger charge is 2.37. The number of amides is 3. The number of thiazole rings is 1. The number of urea groups is 1. The van der Waals surface area contributed by atoms with Crippen LogP contribution in [0.1, 0.15) is 53.3 Å². The SMILES string of the molecule is CCCNC(=O)c1csc(CN(CCC)C(=O)Nc2cc(C(F)(F)F)cc(C(F)(F)F)c2)n1. The molecule has 1 aromatic heterocycles. The van der Waals surface area contributed by atoms with Gasteiger partial charge in [0, 0.05) is 24.2 Å². The van der Waals surface area contributed by atoms with Gasteiger partial charge in [-0.2, -0.15) is 26.3 Å². The number of rotatable bonds is 8. The van der Waals surface area contributed by atoms with Crippen molar-refractivity contribution in [2.24, 2.45) is 0 Å². The summed E-state index contributed by atoms with van der Waals surface area (Å²) in [6.45, 7) is 4.19. The maximum atomic E-state index is 13.1. The molecule has 13 heteroatoms. The van der Waals surface area contributed by atoms with Crippen molar-refractivity contribution < 1.29 is 35.9 Å². The van der Waals surface area contributed by atoms with Crippen LogP contribution in [0.5, 0.6) is 0 Å². The molecule has 6 nitrogen and oxygen atoms in total. The van der Waals surface area contributed by atoms with E-state index < -0.39 is 35.2 Å². The van der Waals surface area contributed by atoms with E-state index in [1.165, 1.54) is 10.3 Å². The first-order valence-electron chi connectivity index (χ1n) is 9.93. The first-order chi connectivity index (χ1) is 15.3. The second kappa shape index (κ2) is 10.9. The number of halogens is 6. The highest BCUT2D eigenvalue weighted by atomic mass is 32.1. The number of carbonyl (C=O) groups excluding carboxylic acids is 2. The third kappa shape index (κ3) is 7.62. The van der Waals surface area contributed by atoms with Crippen molar-refractivity contribution in [1.82, 2.24) is 15.2 Å². The van der Waals surface area contributed by atoms with Crippen molar-refractivity contribution in [1.29, 1.82) is 0 Å². The van der Waals surface area contributed by atoms with Crippen LogP contribution in [0.15, 0.2) is 23.6 Å². The molecule has 33 heavy (non-hydrogen) atoms. The summed E-state index contributed by atoms with van der Waals surface area (Å²) in [6.07, 6.45) is -8.85. The summed E-state index contributed by atoms with van der Waals surface area (Å²) in [5.74, 6) is -0.380. The molecule has 1 aromatic carbocycles.